The lowest BCUT2D eigenvalue weighted by atomic mass is 10.3. The fourth-order valence-corrected chi connectivity index (χ4v) is 1.73. The van der Waals surface area contributed by atoms with Crippen molar-refractivity contribution < 1.29 is 0 Å². The Morgan fingerprint density at radius 1 is 1.12 bits per heavy atom. The van der Waals surface area contributed by atoms with Gasteiger partial charge in [0.25, 0.3) is 0 Å². The second kappa shape index (κ2) is 5.16. The van der Waals surface area contributed by atoms with Crippen LogP contribution in [0.3, 0.4) is 0 Å². The maximum Gasteiger partial charge on any atom is 0.224 e. The fourth-order valence-electron chi connectivity index (χ4n) is 1.10. The van der Waals surface area contributed by atoms with Crippen molar-refractivity contribution in [1.82, 2.24) is 9.97 Å². The van der Waals surface area contributed by atoms with Crippen molar-refractivity contribution in [3.63, 3.8) is 0 Å². The third kappa shape index (κ3) is 2.96. The van der Waals surface area contributed by atoms with Crippen LogP contribution in [-0.2, 0) is 0 Å². The van der Waals surface area contributed by atoms with Gasteiger partial charge in [0, 0.05) is 9.26 Å². The van der Waals surface area contributed by atoms with E-state index >= 15 is 0 Å². The minimum Gasteiger partial charge on any atom is -0.339 e. The highest BCUT2D eigenvalue weighted by Crippen LogP contribution is 2.23. The lowest BCUT2D eigenvalue weighted by Crippen LogP contribution is -1.96. The van der Waals surface area contributed by atoms with E-state index < -0.39 is 0 Å². The first-order valence-corrected chi connectivity index (χ1v) is 6.19. The van der Waals surface area contributed by atoms with Crippen LogP contribution in [0.5, 0.6) is 0 Å². The molecule has 0 saturated heterocycles. The number of rotatable bonds is 2. The van der Waals surface area contributed by atoms with Gasteiger partial charge < -0.3 is 5.32 Å². The molecule has 0 atom stereocenters. The second-order valence-corrected chi connectivity index (χ2v) is 4.96. The van der Waals surface area contributed by atoms with E-state index in [1.54, 1.807) is 0 Å². The first-order chi connectivity index (χ1) is 7.65. The van der Waals surface area contributed by atoms with E-state index in [2.05, 4.69) is 37.9 Å². The molecule has 6 heteroatoms. The van der Waals surface area contributed by atoms with Crippen LogP contribution in [0.1, 0.15) is 0 Å². The monoisotopic (exact) mass is 365 g/mol. The van der Waals surface area contributed by atoms with Crippen LogP contribution < -0.4 is 5.32 Å². The maximum atomic E-state index is 5.93. The van der Waals surface area contributed by atoms with Crippen molar-refractivity contribution >= 4 is 57.3 Å². The van der Waals surface area contributed by atoms with E-state index in [9.17, 15) is 0 Å². The van der Waals surface area contributed by atoms with E-state index in [0.717, 1.165) is 9.26 Å². The van der Waals surface area contributed by atoms with Crippen molar-refractivity contribution in [3.05, 3.63) is 44.3 Å². The molecule has 0 saturated carbocycles. The molecule has 0 spiro atoms. The minimum absolute atomic E-state index is 0.164. The molecule has 0 aliphatic heterocycles. The summed E-state index contributed by atoms with van der Waals surface area (Å²) in [5.41, 5.74) is 0.900. The third-order valence-corrected chi connectivity index (χ3v) is 3.00. The summed E-state index contributed by atoms with van der Waals surface area (Å²) in [4.78, 5) is 7.78. The summed E-state index contributed by atoms with van der Waals surface area (Å²) < 4.78 is 1.16. The highest BCUT2D eigenvalue weighted by atomic mass is 127. The van der Waals surface area contributed by atoms with Crippen molar-refractivity contribution in [2.75, 3.05) is 5.32 Å². The molecule has 0 unspecified atom stereocenters. The summed E-state index contributed by atoms with van der Waals surface area (Å²) in [5.74, 6) is 0.503. The zero-order valence-corrected chi connectivity index (χ0v) is 11.6. The topological polar surface area (TPSA) is 37.8 Å². The van der Waals surface area contributed by atoms with Crippen molar-refractivity contribution in [2.45, 2.75) is 0 Å². The van der Waals surface area contributed by atoms with Gasteiger partial charge >= 0.3 is 0 Å². The molecule has 0 radical (unpaired) electrons. The smallest absolute Gasteiger partial charge is 0.224 e. The van der Waals surface area contributed by atoms with E-state index in [1.165, 1.54) is 6.20 Å². The molecule has 2 rings (SSSR count). The lowest BCUT2D eigenvalue weighted by molar-refractivity contribution is 1.17. The molecule has 0 bridgehead atoms. The van der Waals surface area contributed by atoms with Crippen LogP contribution >= 0.6 is 45.8 Å². The Morgan fingerprint density at radius 2 is 1.81 bits per heavy atom. The minimum atomic E-state index is 0.164. The Kier molecular flexibility index (Phi) is 3.83. The third-order valence-electron chi connectivity index (χ3n) is 1.82. The average molecular weight is 366 g/mol. The standard InChI is InChI=1S/C10H6Cl2IN3/c11-8-5-14-10(12)16-9(8)15-7-3-1-6(13)2-4-7/h1-5H,(H,14,15,16). The first kappa shape index (κ1) is 11.9. The molecule has 0 amide bonds. The molecule has 3 nitrogen and oxygen atoms in total. The molecular weight excluding hydrogens is 360 g/mol. The van der Waals surface area contributed by atoms with Gasteiger partial charge in [-0.1, -0.05) is 11.6 Å². The normalized spacial score (nSPS) is 10.2. The molecule has 1 N–H and O–H groups in total. The van der Waals surface area contributed by atoms with Crippen LogP contribution in [-0.4, -0.2) is 9.97 Å². The van der Waals surface area contributed by atoms with Crippen molar-refractivity contribution in [2.24, 2.45) is 0 Å². The summed E-state index contributed by atoms with van der Waals surface area (Å²) in [7, 11) is 0. The van der Waals surface area contributed by atoms with Crippen LogP contribution in [0, 0.1) is 3.57 Å². The molecule has 0 aliphatic rings. The van der Waals surface area contributed by atoms with Gasteiger partial charge in [-0.15, -0.1) is 0 Å². The predicted molar refractivity (Wildman–Crippen MR) is 74.5 cm³/mol. The molecule has 0 aliphatic carbocycles. The maximum absolute atomic E-state index is 5.93. The Morgan fingerprint density at radius 3 is 2.50 bits per heavy atom. The average Bonchev–Trinajstić information content (AvgIpc) is 2.27. The summed E-state index contributed by atoms with van der Waals surface area (Å²) in [5, 5.41) is 3.67. The Labute approximate surface area is 116 Å². The number of hydrogen-bond acceptors (Lipinski definition) is 3. The molecular formula is C10H6Cl2IN3. The number of aromatic nitrogens is 2. The lowest BCUT2D eigenvalue weighted by Gasteiger charge is -2.06. The van der Waals surface area contributed by atoms with E-state index in [4.69, 9.17) is 23.2 Å². The Bertz CT molecular complexity index is 502. The quantitative estimate of drug-likeness (QED) is 0.642. The summed E-state index contributed by atoms with van der Waals surface area (Å²) in [6.45, 7) is 0. The highest BCUT2D eigenvalue weighted by Gasteiger charge is 2.04. The number of nitrogens with one attached hydrogen (secondary N) is 1. The summed E-state index contributed by atoms with van der Waals surface area (Å²) >= 11 is 13.9. The number of halogens is 3. The first-order valence-electron chi connectivity index (χ1n) is 4.36. The van der Waals surface area contributed by atoms with Gasteiger partial charge in [-0.25, -0.2) is 4.98 Å². The molecule has 1 aromatic heterocycles. The second-order valence-electron chi connectivity index (χ2n) is 2.97. The fraction of sp³-hybridized carbons (Fsp3) is 0. The number of hydrogen-bond donors (Lipinski definition) is 1. The number of anilines is 2. The van der Waals surface area contributed by atoms with E-state index in [-0.39, 0.29) is 5.28 Å². The molecule has 0 fully saturated rings. The Balaban J connectivity index is 2.26. The summed E-state index contributed by atoms with van der Waals surface area (Å²) in [6, 6.07) is 7.85. The van der Waals surface area contributed by atoms with Gasteiger partial charge in [0.2, 0.25) is 5.28 Å². The summed E-state index contributed by atoms with van der Waals surface area (Å²) in [6.07, 6.45) is 1.46. The van der Waals surface area contributed by atoms with Crippen LogP contribution in [0.2, 0.25) is 10.3 Å². The van der Waals surface area contributed by atoms with Gasteiger partial charge in [-0.05, 0) is 58.5 Å². The molecule has 2 aromatic rings. The molecule has 1 aromatic carbocycles. The van der Waals surface area contributed by atoms with E-state index in [0.29, 0.717) is 10.8 Å². The molecule has 1 heterocycles. The van der Waals surface area contributed by atoms with Gasteiger partial charge in [0.15, 0.2) is 5.82 Å². The van der Waals surface area contributed by atoms with E-state index in [1.807, 2.05) is 24.3 Å². The Hall–Kier alpha value is -0.590. The van der Waals surface area contributed by atoms with Gasteiger partial charge in [0.1, 0.15) is 5.02 Å². The largest absolute Gasteiger partial charge is 0.339 e. The van der Waals surface area contributed by atoms with Gasteiger partial charge in [-0.3, -0.25) is 0 Å². The van der Waals surface area contributed by atoms with Gasteiger partial charge in [-0.2, -0.15) is 4.98 Å². The number of benzene rings is 1. The zero-order chi connectivity index (χ0) is 11.5. The highest BCUT2D eigenvalue weighted by molar-refractivity contribution is 14.1. The zero-order valence-electron chi connectivity index (χ0n) is 7.92. The van der Waals surface area contributed by atoms with Crippen molar-refractivity contribution in [3.8, 4) is 0 Å². The number of nitrogens with zero attached hydrogens (tertiary/aromatic N) is 2. The van der Waals surface area contributed by atoms with Gasteiger partial charge in [0.05, 0.1) is 6.20 Å². The predicted octanol–water partition coefficient (Wildman–Crippen LogP) is 4.13. The van der Waals surface area contributed by atoms with Crippen LogP contribution in [0.25, 0.3) is 0 Å². The van der Waals surface area contributed by atoms with Crippen LogP contribution in [0.15, 0.2) is 30.5 Å². The van der Waals surface area contributed by atoms with Crippen LogP contribution in [0.4, 0.5) is 11.5 Å². The van der Waals surface area contributed by atoms with Crippen molar-refractivity contribution in [1.29, 1.82) is 0 Å². The SMILES string of the molecule is Clc1ncc(Cl)c(Nc2ccc(I)cc2)n1. The molecule has 82 valence electrons. The molecule has 16 heavy (non-hydrogen) atoms.